The molecule has 1 atom stereocenters. The van der Waals surface area contributed by atoms with Crippen molar-refractivity contribution in [3.8, 4) is 5.75 Å². The van der Waals surface area contributed by atoms with Gasteiger partial charge in [-0.25, -0.2) is 9.59 Å². The molecule has 3 rings (SSSR count). The van der Waals surface area contributed by atoms with E-state index >= 15 is 0 Å². The second-order valence-electron chi connectivity index (χ2n) is 8.24. The van der Waals surface area contributed by atoms with Gasteiger partial charge >= 0.3 is 12.1 Å². The third-order valence-corrected chi connectivity index (χ3v) is 5.49. The number of nitrogens with zero attached hydrogens (tertiary/aromatic N) is 3. The first kappa shape index (κ1) is 25.4. The summed E-state index contributed by atoms with van der Waals surface area (Å²) in [5, 5.41) is 2.91. The molecule has 10 nitrogen and oxygen atoms in total. The van der Waals surface area contributed by atoms with Gasteiger partial charge in [-0.05, 0) is 41.8 Å². The first-order chi connectivity index (χ1) is 16.7. The number of carbonyl (C=O) groups is 2. The molecule has 0 aliphatic carbocycles. The first-order valence-electron chi connectivity index (χ1n) is 11.0. The van der Waals surface area contributed by atoms with Crippen LogP contribution in [0.3, 0.4) is 0 Å². The minimum Gasteiger partial charge on any atom is -0.467 e. The Morgan fingerprint density at radius 1 is 0.971 bits per heavy atom. The van der Waals surface area contributed by atoms with Crippen LogP contribution in [-0.2, 0) is 22.4 Å². The number of aromatic nitrogens is 1. The molecule has 0 aliphatic rings. The zero-order valence-electron chi connectivity index (χ0n) is 20.1. The van der Waals surface area contributed by atoms with E-state index < -0.39 is 29.0 Å². The number of amides is 1. The molecule has 35 heavy (non-hydrogen) atoms. The van der Waals surface area contributed by atoms with Gasteiger partial charge in [0.25, 0.3) is 10.9 Å². The third-order valence-electron chi connectivity index (χ3n) is 5.49. The molecule has 0 spiro atoms. The van der Waals surface area contributed by atoms with E-state index in [0.717, 1.165) is 11.1 Å². The van der Waals surface area contributed by atoms with Gasteiger partial charge in [0, 0.05) is 46.5 Å². The Morgan fingerprint density at radius 2 is 1.63 bits per heavy atom. The smallest absolute Gasteiger partial charge is 0.414 e. The molecule has 0 fully saturated rings. The first-order valence-corrected chi connectivity index (χ1v) is 11.0. The number of pyridine rings is 1. The van der Waals surface area contributed by atoms with Gasteiger partial charge in [-0.2, -0.15) is 0 Å². The zero-order valence-corrected chi connectivity index (χ0v) is 20.1. The highest BCUT2D eigenvalue weighted by molar-refractivity contribution is 5.84. The van der Waals surface area contributed by atoms with Crippen LogP contribution >= 0.6 is 0 Å². The molecular weight excluding hydrogens is 452 g/mol. The summed E-state index contributed by atoms with van der Waals surface area (Å²) < 4.78 is 10.1. The summed E-state index contributed by atoms with van der Waals surface area (Å²) in [5.41, 5.74) is 0.857. The highest BCUT2D eigenvalue weighted by atomic mass is 16.6. The topological polar surface area (TPSA) is 118 Å². The predicted molar refractivity (Wildman–Crippen MR) is 132 cm³/mol. The lowest BCUT2D eigenvalue weighted by Crippen LogP contribution is -2.45. The second-order valence-corrected chi connectivity index (χ2v) is 8.24. The van der Waals surface area contributed by atoms with Crippen molar-refractivity contribution in [2.75, 3.05) is 45.0 Å². The average Bonchev–Trinajstić information content (AvgIpc) is 2.87. The lowest BCUT2D eigenvalue weighted by Gasteiger charge is -2.26. The third kappa shape index (κ3) is 6.23. The molecule has 2 aromatic carbocycles. The van der Waals surface area contributed by atoms with Crippen LogP contribution in [0.1, 0.15) is 11.1 Å². The van der Waals surface area contributed by atoms with Gasteiger partial charge in [-0.3, -0.25) is 14.6 Å². The molecule has 0 bridgehead atoms. The lowest BCUT2D eigenvalue weighted by molar-refractivity contribution is -0.141. The van der Waals surface area contributed by atoms with E-state index in [2.05, 4.69) is 10.3 Å². The molecule has 3 aromatic rings. The molecule has 1 N–H and O–H groups in total. The standard InChI is InChI=1S/C25H28N4O6/c1-28(2)25(33)35-18-7-5-17(6-8-18)15-19(24(32)34-4)27-20-21(23(31)22(20)30)29(3)14-11-16-9-12-26-13-10-16/h5-10,12-13,19,27H,11,14-15H2,1-4H3/t19-/m0/s1. The maximum Gasteiger partial charge on any atom is 0.414 e. The number of hydrogen-bond acceptors (Lipinski definition) is 9. The molecular formula is C25H28N4O6. The van der Waals surface area contributed by atoms with E-state index in [-0.39, 0.29) is 17.8 Å². The largest absolute Gasteiger partial charge is 0.467 e. The molecule has 1 heterocycles. The number of carbonyl (C=O) groups excluding carboxylic acids is 2. The zero-order chi connectivity index (χ0) is 25.5. The van der Waals surface area contributed by atoms with Crippen LogP contribution in [0.5, 0.6) is 5.75 Å². The Kier molecular flexibility index (Phi) is 8.19. The molecule has 1 aromatic heterocycles. The number of rotatable bonds is 10. The van der Waals surface area contributed by atoms with E-state index in [1.807, 2.05) is 12.1 Å². The molecule has 0 saturated carbocycles. The summed E-state index contributed by atoms with van der Waals surface area (Å²) in [6.45, 7) is 0.500. The Bertz CT molecular complexity index is 1230. The van der Waals surface area contributed by atoms with E-state index in [4.69, 9.17) is 9.47 Å². The summed E-state index contributed by atoms with van der Waals surface area (Å²) >= 11 is 0. The molecule has 0 radical (unpaired) electrons. The molecule has 0 saturated heterocycles. The van der Waals surface area contributed by atoms with Crippen molar-refractivity contribution in [2.45, 2.75) is 18.9 Å². The predicted octanol–water partition coefficient (Wildman–Crippen LogP) is 1.61. The van der Waals surface area contributed by atoms with Crippen molar-refractivity contribution < 1.29 is 19.1 Å². The van der Waals surface area contributed by atoms with Crippen molar-refractivity contribution in [3.05, 3.63) is 80.4 Å². The van der Waals surface area contributed by atoms with Crippen LogP contribution in [0.25, 0.3) is 0 Å². The summed E-state index contributed by atoms with van der Waals surface area (Å²) in [5.74, 6) is -0.220. The quantitative estimate of drug-likeness (QED) is 0.341. The van der Waals surface area contributed by atoms with Crippen molar-refractivity contribution in [3.63, 3.8) is 0 Å². The number of methoxy groups -OCH3 is 1. The van der Waals surface area contributed by atoms with Crippen molar-refractivity contribution in [2.24, 2.45) is 0 Å². The Labute approximate surface area is 202 Å². The van der Waals surface area contributed by atoms with Gasteiger partial charge < -0.3 is 24.6 Å². The van der Waals surface area contributed by atoms with Gasteiger partial charge in [0.1, 0.15) is 23.2 Å². The number of esters is 1. The van der Waals surface area contributed by atoms with E-state index in [0.29, 0.717) is 18.7 Å². The van der Waals surface area contributed by atoms with E-state index in [1.165, 1.54) is 12.0 Å². The fourth-order valence-electron chi connectivity index (χ4n) is 3.47. The maximum absolute atomic E-state index is 12.5. The molecule has 0 unspecified atom stereocenters. The fourth-order valence-corrected chi connectivity index (χ4v) is 3.47. The summed E-state index contributed by atoms with van der Waals surface area (Å²) in [4.78, 5) is 55.8. The van der Waals surface area contributed by atoms with Gasteiger partial charge in [0.2, 0.25) is 0 Å². The Hall–Kier alpha value is -4.21. The highest BCUT2D eigenvalue weighted by Crippen LogP contribution is 2.22. The molecule has 184 valence electrons. The summed E-state index contributed by atoms with van der Waals surface area (Å²) in [7, 11) is 6.14. The van der Waals surface area contributed by atoms with Gasteiger partial charge in [-0.1, -0.05) is 12.1 Å². The van der Waals surface area contributed by atoms with Crippen LogP contribution < -0.4 is 25.8 Å². The maximum atomic E-state index is 12.5. The van der Waals surface area contributed by atoms with Gasteiger partial charge in [0.15, 0.2) is 0 Å². The lowest BCUT2D eigenvalue weighted by atomic mass is 10.0. The minimum atomic E-state index is -0.897. The summed E-state index contributed by atoms with van der Waals surface area (Å²) in [6, 6.07) is 9.51. The van der Waals surface area contributed by atoms with Crippen molar-refractivity contribution in [1.29, 1.82) is 0 Å². The SMILES string of the molecule is COC(=O)[C@H](Cc1ccc(OC(=O)N(C)C)cc1)Nc1c(N(C)CCc2ccncc2)c(=O)c1=O. The molecule has 10 heteroatoms. The number of ether oxygens (including phenoxy) is 2. The number of likely N-dealkylation sites (N-methyl/N-ethyl adjacent to an activating group) is 1. The second kappa shape index (κ2) is 11.3. The Balaban J connectivity index is 1.72. The van der Waals surface area contributed by atoms with E-state index in [1.54, 1.807) is 62.7 Å². The van der Waals surface area contributed by atoms with Gasteiger partial charge in [-0.15, -0.1) is 0 Å². The highest BCUT2D eigenvalue weighted by Gasteiger charge is 2.29. The number of anilines is 2. The van der Waals surface area contributed by atoms with Gasteiger partial charge in [0.05, 0.1) is 7.11 Å². The minimum absolute atomic E-state index is 0.0964. The average molecular weight is 481 g/mol. The van der Waals surface area contributed by atoms with Crippen LogP contribution in [0.2, 0.25) is 0 Å². The van der Waals surface area contributed by atoms with Crippen molar-refractivity contribution in [1.82, 2.24) is 9.88 Å². The number of nitrogens with one attached hydrogen (secondary N) is 1. The van der Waals surface area contributed by atoms with E-state index in [9.17, 15) is 19.2 Å². The normalized spacial score (nSPS) is 11.5. The summed E-state index contributed by atoms with van der Waals surface area (Å²) in [6.07, 6.45) is 3.72. The number of hydrogen-bond donors (Lipinski definition) is 1. The van der Waals surface area contributed by atoms with Crippen LogP contribution in [0.4, 0.5) is 16.2 Å². The van der Waals surface area contributed by atoms with Crippen LogP contribution in [-0.4, -0.2) is 62.8 Å². The van der Waals surface area contributed by atoms with Crippen LogP contribution in [0.15, 0.2) is 58.4 Å². The molecule has 0 aliphatic heterocycles. The van der Waals surface area contributed by atoms with Crippen molar-refractivity contribution >= 4 is 23.4 Å². The number of benzene rings is 1. The fraction of sp³-hybridized carbons (Fsp3) is 0.320. The Morgan fingerprint density at radius 3 is 2.23 bits per heavy atom. The van der Waals surface area contributed by atoms with Crippen LogP contribution in [0, 0.1) is 0 Å². The molecule has 1 amide bonds. The monoisotopic (exact) mass is 480 g/mol.